The molecule has 1 N–H and O–H groups in total. The predicted molar refractivity (Wildman–Crippen MR) is 98.3 cm³/mol. The van der Waals surface area contributed by atoms with E-state index in [1.165, 1.54) is 13.0 Å². The fourth-order valence-corrected chi connectivity index (χ4v) is 3.19. The summed E-state index contributed by atoms with van der Waals surface area (Å²) in [6, 6.07) is 10.1. The Balaban J connectivity index is 2.05. The summed E-state index contributed by atoms with van der Waals surface area (Å²) in [6.07, 6.45) is -5.69. The number of alkyl halides is 3. The van der Waals surface area contributed by atoms with Crippen molar-refractivity contribution in [3.05, 3.63) is 59.7 Å². The lowest BCUT2D eigenvalue weighted by Crippen LogP contribution is -2.30. The maximum absolute atomic E-state index is 12.6. The van der Waals surface area contributed by atoms with E-state index in [1.807, 2.05) is 0 Å². The van der Waals surface area contributed by atoms with Gasteiger partial charge >= 0.3 is 12.1 Å². The lowest BCUT2D eigenvalue weighted by atomic mass is 10.2. The first-order valence-corrected chi connectivity index (χ1v) is 9.62. The molecular formula is C19H18F3NO4S. The second kappa shape index (κ2) is 9.01. The first-order valence-electron chi connectivity index (χ1n) is 8.30. The fraction of sp³-hybridized carbons (Fsp3) is 0.263. The number of ether oxygens (including phenoxy) is 1. The van der Waals surface area contributed by atoms with Crippen molar-refractivity contribution in [2.75, 3.05) is 11.1 Å². The van der Waals surface area contributed by atoms with Crippen molar-refractivity contribution in [1.82, 2.24) is 0 Å². The van der Waals surface area contributed by atoms with Gasteiger partial charge in [-0.3, -0.25) is 9.00 Å². The first-order chi connectivity index (χ1) is 13.1. The van der Waals surface area contributed by atoms with Crippen molar-refractivity contribution in [3.63, 3.8) is 0 Å². The van der Waals surface area contributed by atoms with E-state index in [-0.39, 0.29) is 11.3 Å². The van der Waals surface area contributed by atoms with E-state index in [0.717, 1.165) is 24.3 Å². The fourth-order valence-electron chi connectivity index (χ4n) is 2.25. The molecule has 0 saturated carbocycles. The summed E-state index contributed by atoms with van der Waals surface area (Å²) >= 11 is 0. The van der Waals surface area contributed by atoms with Crippen LogP contribution in [-0.4, -0.2) is 27.9 Å². The number of esters is 1. The summed E-state index contributed by atoms with van der Waals surface area (Å²) in [5.41, 5.74) is -0.615. The number of halogens is 3. The SMILES string of the molecule is CC[S@](=O)c1ccccc1C(=O)O[C@@H](C)C(=O)Nc1ccc(C(F)(F)F)cc1. The minimum Gasteiger partial charge on any atom is -0.449 e. The number of hydrogen-bond donors (Lipinski definition) is 1. The van der Waals surface area contributed by atoms with Crippen molar-refractivity contribution in [3.8, 4) is 0 Å². The van der Waals surface area contributed by atoms with E-state index < -0.39 is 40.5 Å². The molecule has 28 heavy (non-hydrogen) atoms. The van der Waals surface area contributed by atoms with E-state index in [4.69, 9.17) is 4.74 Å². The van der Waals surface area contributed by atoms with Crippen LogP contribution in [0.3, 0.4) is 0 Å². The molecule has 0 fully saturated rings. The highest BCUT2D eigenvalue weighted by Crippen LogP contribution is 2.29. The van der Waals surface area contributed by atoms with Gasteiger partial charge in [0.2, 0.25) is 0 Å². The van der Waals surface area contributed by atoms with Crippen molar-refractivity contribution in [1.29, 1.82) is 0 Å². The standard InChI is InChI=1S/C19H18F3NO4S/c1-3-28(26)16-7-5-4-6-15(16)18(25)27-12(2)17(24)23-14-10-8-13(9-11-14)19(20,21)22/h4-12H,3H2,1-2H3,(H,23,24)/t12-,28-/m0/s1. The van der Waals surface area contributed by atoms with Crippen LogP contribution >= 0.6 is 0 Å². The summed E-state index contributed by atoms with van der Waals surface area (Å²) in [7, 11) is -1.38. The number of amides is 1. The van der Waals surface area contributed by atoms with Crippen LogP contribution in [0.2, 0.25) is 0 Å². The van der Waals surface area contributed by atoms with Crippen LogP contribution in [0.15, 0.2) is 53.4 Å². The zero-order valence-electron chi connectivity index (χ0n) is 15.1. The minimum absolute atomic E-state index is 0.0943. The maximum atomic E-state index is 12.6. The van der Waals surface area contributed by atoms with Crippen LogP contribution < -0.4 is 5.32 Å². The number of nitrogens with one attached hydrogen (secondary N) is 1. The molecule has 2 aromatic rings. The van der Waals surface area contributed by atoms with Gasteiger partial charge in [-0.2, -0.15) is 13.2 Å². The topological polar surface area (TPSA) is 72.5 Å². The highest BCUT2D eigenvalue weighted by atomic mass is 32.2. The predicted octanol–water partition coefficient (Wildman–Crippen LogP) is 4.02. The van der Waals surface area contributed by atoms with E-state index in [1.54, 1.807) is 25.1 Å². The number of carbonyl (C=O) groups excluding carboxylic acids is 2. The Kier molecular flexibility index (Phi) is 6.95. The molecular weight excluding hydrogens is 395 g/mol. The summed E-state index contributed by atoms with van der Waals surface area (Å²) in [6.45, 7) is 3.04. The molecule has 0 saturated heterocycles. The van der Waals surface area contributed by atoms with Crippen LogP contribution in [-0.2, 0) is 26.5 Å². The molecule has 0 aliphatic rings. The number of rotatable bonds is 6. The van der Waals surface area contributed by atoms with Crippen molar-refractivity contribution >= 4 is 28.4 Å². The highest BCUT2D eigenvalue weighted by Gasteiger charge is 2.30. The van der Waals surface area contributed by atoms with Crippen LogP contribution in [0.4, 0.5) is 18.9 Å². The molecule has 0 bridgehead atoms. The van der Waals surface area contributed by atoms with Crippen molar-refractivity contribution in [2.45, 2.75) is 31.0 Å². The molecule has 9 heteroatoms. The Morgan fingerprint density at radius 1 is 1.11 bits per heavy atom. The second-order valence-electron chi connectivity index (χ2n) is 5.74. The average molecular weight is 413 g/mol. The first kappa shape index (κ1) is 21.6. The lowest BCUT2D eigenvalue weighted by molar-refractivity contribution is -0.137. The minimum atomic E-state index is -4.47. The Labute approximate surface area is 162 Å². The van der Waals surface area contributed by atoms with Gasteiger partial charge in [-0.15, -0.1) is 0 Å². The molecule has 2 rings (SSSR count). The van der Waals surface area contributed by atoms with Gasteiger partial charge in [0, 0.05) is 11.4 Å². The highest BCUT2D eigenvalue weighted by molar-refractivity contribution is 7.85. The van der Waals surface area contributed by atoms with E-state index >= 15 is 0 Å². The summed E-state index contributed by atoms with van der Waals surface area (Å²) < 4.78 is 54.9. The molecule has 2 atom stereocenters. The van der Waals surface area contributed by atoms with Gasteiger partial charge < -0.3 is 10.1 Å². The maximum Gasteiger partial charge on any atom is 0.416 e. The number of anilines is 1. The Morgan fingerprint density at radius 3 is 2.29 bits per heavy atom. The van der Waals surface area contributed by atoms with Gasteiger partial charge in [0.1, 0.15) is 0 Å². The van der Waals surface area contributed by atoms with Gasteiger partial charge in [0.15, 0.2) is 6.10 Å². The van der Waals surface area contributed by atoms with Crippen LogP contribution in [0, 0.1) is 0 Å². The zero-order valence-corrected chi connectivity index (χ0v) is 15.9. The van der Waals surface area contributed by atoms with Gasteiger partial charge in [-0.1, -0.05) is 19.1 Å². The largest absolute Gasteiger partial charge is 0.449 e. The molecule has 0 radical (unpaired) electrons. The van der Waals surface area contributed by atoms with Crippen LogP contribution in [0.25, 0.3) is 0 Å². The van der Waals surface area contributed by atoms with E-state index in [2.05, 4.69) is 5.32 Å². The van der Waals surface area contributed by atoms with E-state index in [9.17, 15) is 27.0 Å². The quantitative estimate of drug-likeness (QED) is 0.726. The molecule has 0 heterocycles. The Bertz CT molecular complexity index is 881. The van der Waals surface area contributed by atoms with E-state index in [0.29, 0.717) is 10.6 Å². The smallest absolute Gasteiger partial charge is 0.416 e. The number of benzene rings is 2. The molecule has 1 amide bonds. The molecule has 0 unspecified atom stereocenters. The number of hydrogen-bond acceptors (Lipinski definition) is 4. The van der Waals surface area contributed by atoms with Gasteiger partial charge in [0.25, 0.3) is 5.91 Å². The average Bonchev–Trinajstić information content (AvgIpc) is 2.66. The molecule has 0 aliphatic heterocycles. The molecule has 0 aliphatic carbocycles. The Morgan fingerprint density at radius 2 is 1.71 bits per heavy atom. The summed E-state index contributed by atoms with van der Waals surface area (Å²) in [4.78, 5) is 24.8. The molecule has 150 valence electrons. The monoisotopic (exact) mass is 413 g/mol. The van der Waals surface area contributed by atoms with Crippen LogP contribution in [0.1, 0.15) is 29.8 Å². The Hall–Kier alpha value is -2.68. The third-order valence-electron chi connectivity index (χ3n) is 3.75. The second-order valence-corrected chi connectivity index (χ2v) is 7.45. The van der Waals surface area contributed by atoms with Gasteiger partial charge in [-0.25, -0.2) is 4.79 Å². The number of carbonyl (C=O) groups is 2. The zero-order chi connectivity index (χ0) is 20.9. The van der Waals surface area contributed by atoms with Crippen molar-refractivity contribution in [2.24, 2.45) is 0 Å². The molecule has 5 nitrogen and oxygen atoms in total. The molecule has 2 aromatic carbocycles. The van der Waals surface area contributed by atoms with Crippen molar-refractivity contribution < 1.29 is 31.7 Å². The third-order valence-corrected chi connectivity index (χ3v) is 5.12. The third kappa shape index (κ3) is 5.41. The summed E-state index contributed by atoms with van der Waals surface area (Å²) in [5, 5.41) is 2.38. The van der Waals surface area contributed by atoms with Gasteiger partial charge in [-0.05, 0) is 43.3 Å². The molecule has 0 aromatic heterocycles. The lowest BCUT2D eigenvalue weighted by Gasteiger charge is -2.15. The normalized spacial score (nSPS) is 13.5. The summed E-state index contributed by atoms with van der Waals surface area (Å²) in [5.74, 6) is -1.21. The molecule has 0 spiro atoms. The van der Waals surface area contributed by atoms with Crippen LogP contribution in [0.5, 0.6) is 0 Å². The van der Waals surface area contributed by atoms with Gasteiger partial charge in [0.05, 0.1) is 26.8 Å².